The van der Waals surface area contributed by atoms with E-state index in [9.17, 15) is 0 Å². The number of rotatable bonds is 0. The molecule has 5 heavy (non-hydrogen) atoms. The second kappa shape index (κ2) is 58.2. The van der Waals surface area contributed by atoms with Gasteiger partial charge in [-0.05, 0) is 0 Å². The average molecular weight is 191 g/mol. The van der Waals surface area contributed by atoms with E-state index in [0.717, 1.165) is 0 Å². The van der Waals surface area contributed by atoms with E-state index < -0.39 is 0 Å². The van der Waals surface area contributed by atoms with E-state index >= 15 is 0 Å². The second-order valence-corrected chi connectivity index (χ2v) is 0. The monoisotopic (exact) mass is 190 g/mol. The molecule has 3 nitrogen and oxygen atoms in total. The largest absolute Gasteiger partial charge is 4.00 e. The number of hydrogen-bond donors (Lipinski definition) is 0. The zero-order valence-electron chi connectivity index (χ0n) is 2.13. The van der Waals surface area contributed by atoms with Crippen molar-refractivity contribution in [1.82, 2.24) is 0 Å². The first-order chi connectivity index (χ1) is 0. The van der Waals surface area contributed by atoms with Crippen molar-refractivity contribution in [3.05, 3.63) is 0 Å². The maximum atomic E-state index is 0. The third kappa shape index (κ3) is 34.3. The van der Waals surface area contributed by atoms with Crippen molar-refractivity contribution in [2.75, 3.05) is 0 Å². The minimum Gasteiger partial charge on any atom is -2.00 e. The Hall–Kier alpha value is 1.30. The fraction of sp³-hybridized carbons (Fsp3) is 0. The molecule has 0 saturated heterocycles. The van der Waals surface area contributed by atoms with Crippen molar-refractivity contribution < 1.29 is 60.0 Å². The van der Waals surface area contributed by atoms with Crippen LogP contribution in [0, 0.1) is 0 Å². The molecule has 0 spiro atoms. The first-order valence-corrected chi connectivity index (χ1v) is 0. The molecule has 0 N–H and O–H groups in total. The summed E-state index contributed by atoms with van der Waals surface area (Å²) in [6.07, 6.45) is 0. The van der Waals surface area contributed by atoms with E-state index in [1.54, 1.807) is 0 Å². The summed E-state index contributed by atoms with van der Waals surface area (Å²) in [6.45, 7) is 0. The van der Waals surface area contributed by atoms with Gasteiger partial charge in [-0.3, -0.25) is 0 Å². The quantitative estimate of drug-likeness (QED) is 0.500. The third-order valence-corrected chi connectivity index (χ3v) is 0. The Labute approximate surface area is 59.9 Å². The van der Waals surface area contributed by atoms with Crippen molar-refractivity contribution >= 4 is 0 Å². The van der Waals surface area contributed by atoms with Crippen molar-refractivity contribution in [1.29, 1.82) is 0 Å². The van der Waals surface area contributed by atoms with E-state index in [1.807, 2.05) is 0 Å². The van der Waals surface area contributed by atoms with Crippen LogP contribution in [0.4, 0.5) is 0 Å². The molecule has 0 unspecified atom stereocenters. The van der Waals surface area contributed by atoms with Gasteiger partial charge in [-0.25, -0.2) is 0 Å². The first kappa shape index (κ1) is 105. The van der Waals surface area contributed by atoms with Gasteiger partial charge in [-0.2, -0.15) is 0 Å². The molecule has 5 heteroatoms. The second-order valence-electron chi connectivity index (χ2n) is 0. The minimum absolute atomic E-state index is 0. The summed E-state index contributed by atoms with van der Waals surface area (Å²) < 4.78 is 0. The van der Waals surface area contributed by atoms with Gasteiger partial charge in [-0.1, -0.05) is 0 Å². The van der Waals surface area contributed by atoms with Crippen LogP contribution in [-0.4, -0.2) is 0 Å². The molecule has 0 amide bonds. The van der Waals surface area contributed by atoms with Gasteiger partial charge in [0.05, 0.1) is 0 Å². The molecule has 0 heterocycles. The summed E-state index contributed by atoms with van der Waals surface area (Å²) in [7, 11) is 0. The Morgan fingerprint density at radius 2 is 0.600 bits per heavy atom. The van der Waals surface area contributed by atoms with Crippen LogP contribution in [0.15, 0.2) is 0 Å². The zero-order valence-corrected chi connectivity index (χ0v) is 5.87. The van der Waals surface area contributed by atoms with E-state index in [0.29, 0.717) is 0 Å². The molecule has 27 valence electrons. The van der Waals surface area contributed by atoms with E-state index in [1.165, 1.54) is 0 Å². The maximum absolute atomic E-state index is 0. The molecule has 0 aromatic carbocycles. The molecular formula is CrO3Zr+. The summed E-state index contributed by atoms with van der Waals surface area (Å²) in [6, 6.07) is 0. The molecule has 0 aromatic heterocycles. The van der Waals surface area contributed by atoms with E-state index in [-0.39, 0.29) is 60.0 Å². The van der Waals surface area contributed by atoms with Crippen LogP contribution >= 0.6 is 0 Å². The SMILES string of the molecule is [Cr+3].[O-2].[O-2].[O-2].[Zr+4]. The van der Waals surface area contributed by atoms with E-state index in [2.05, 4.69) is 0 Å². The Kier molecular flexibility index (Phi) is 1220. The third-order valence-electron chi connectivity index (χ3n) is 0. The fourth-order valence-corrected chi connectivity index (χ4v) is 0. The van der Waals surface area contributed by atoms with Crippen molar-refractivity contribution in [2.45, 2.75) is 0 Å². The molecule has 0 aromatic rings. The molecule has 1 radical (unpaired) electrons. The molecule has 0 fully saturated rings. The Morgan fingerprint density at radius 3 is 0.600 bits per heavy atom. The van der Waals surface area contributed by atoms with Crippen LogP contribution in [0.3, 0.4) is 0 Å². The van der Waals surface area contributed by atoms with Crippen LogP contribution < -0.4 is 0 Å². The van der Waals surface area contributed by atoms with Crippen molar-refractivity contribution in [3.63, 3.8) is 0 Å². The average Bonchev–Trinajstić information content (AvgIpc) is 0. The van der Waals surface area contributed by atoms with Crippen molar-refractivity contribution in [2.24, 2.45) is 0 Å². The Balaban J connectivity index is 0. The smallest absolute Gasteiger partial charge is 2.00 e. The van der Waals surface area contributed by atoms with Crippen LogP contribution in [-0.2, 0) is 60.0 Å². The molecule has 0 aliphatic carbocycles. The molecule has 0 saturated carbocycles. The summed E-state index contributed by atoms with van der Waals surface area (Å²) in [4.78, 5) is 0. The maximum Gasteiger partial charge on any atom is 4.00 e. The molecule has 0 aliphatic rings. The van der Waals surface area contributed by atoms with Gasteiger partial charge in [-0.15, -0.1) is 0 Å². The van der Waals surface area contributed by atoms with Crippen LogP contribution in [0.5, 0.6) is 0 Å². The molecular weight excluding hydrogens is 191 g/mol. The molecule has 0 bridgehead atoms. The van der Waals surface area contributed by atoms with Gasteiger partial charge in [0.25, 0.3) is 0 Å². The zero-order chi connectivity index (χ0) is 0. The predicted octanol–water partition coefficient (Wildman–Crippen LogP) is -0.361. The molecule has 0 atom stereocenters. The summed E-state index contributed by atoms with van der Waals surface area (Å²) in [5, 5.41) is 0. The Morgan fingerprint density at radius 1 is 0.600 bits per heavy atom. The standard InChI is InChI=1S/Cr.3O.Zr/q+3;3*-2;+4. The Bertz CT molecular complexity index is 6.85. The first-order valence-electron chi connectivity index (χ1n) is 0. The van der Waals surface area contributed by atoms with Gasteiger partial charge >= 0.3 is 43.6 Å². The van der Waals surface area contributed by atoms with E-state index in [4.69, 9.17) is 0 Å². The minimum atomic E-state index is 0. The number of hydrogen-bond acceptors (Lipinski definition) is 0. The summed E-state index contributed by atoms with van der Waals surface area (Å²) in [5.41, 5.74) is 0. The predicted molar refractivity (Wildman–Crippen MR) is 2.06 cm³/mol. The van der Waals surface area contributed by atoms with Crippen LogP contribution in [0.25, 0.3) is 0 Å². The molecule has 0 rings (SSSR count). The molecule has 0 aliphatic heterocycles. The normalized spacial score (nSPS) is 0. The van der Waals surface area contributed by atoms with Crippen LogP contribution in [0.1, 0.15) is 0 Å². The summed E-state index contributed by atoms with van der Waals surface area (Å²) >= 11 is 0. The van der Waals surface area contributed by atoms with Gasteiger partial charge in [0.2, 0.25) is 0 Å². The van der Waals surface area contributed by atoms with Gasteiger partial charge in [0.1, 0.15) is 0 Å². The van der Waals surface area contributed by atoms with Crippen molar-refractivity contribution in [3.8, 4) is 0 Å². The van der Waals surface area contributed by atoms with Gasteiger partial charge in [0.15, 0.2) is 0 Å². The topological polar surface area (TPSA) is 85.5 Å². The fourth-order valence-electron chi connectivity index (χ4n) is 0. The van der Waals surface area contributed by atoms with Gasteiger partial charge < -0.3 is 16.4 Å². The van der Waals surface area contributed by atoms with Crippen LogP contribution in [0.2, 0.25) is 0 Å². The van der Waals surface area contributed by atoms with Gasteiger partial charge in [0, 0.05) is 0 Å². The summed E-state index contributed by atoms with van der Waals surface area (Å²) in [5.74, 6) is 0.